The molecular formula is C22H34N5O9P. The second kappa shape index (κ2) is 10.6. The average molecular weight is 544 g/mol. The third-order valence-corrected chi connectivity index (χ3v) is 6.73. The van der Waals surface area contributed by atoms with Crippen molar-refractivity contribution in [1.29, 1.82) is 0 Å². The van der Waals surface area contributed by atoms with Crippen LogP contribution in [-0.4, -0.2) is 67.6 Å². The van der Waals surface area contributed by atoms with Crippen LogP contribution in [-0.2, 0) is 41.9 Å². The molecule has 15 heteroatoms. The van der Waals surface area contributed by atoms with Gasteiger partial charge in [0.05, 0.1) is 24.1 Å². The molecule has 2 N–H and O–H groups in total. The molecule has 1 saturated heterocycles. The van der Waals surface area contributed by atoms with Crippen molar-refractivity contribution in [3.05, 3.63) is 12.7 Å². The molecule has 14 nitrogen and oxygen atoms in total. The number of phosphoric ester groups is 1. The van der Waals surface area contributed by atoms with Crippen molar-refractivity contribution < 1.29 is 41.9 Å². The number of hydrogen-bond acceptors (Lipinski definition) is 13. The number of nitrogens with two attached hydrogens (primary N) is 1. The Kier molecular flexibility index (Phi) is 8.30. The predicted molar refractivity (Wildman–Crippen MR) is 130 cm³/mol. The van der Waals surface area contributed by atoms with E-state index >= 15 is 0 Å². The summed E-state index contributed by atoms with van der Waals surface area (Å²) >= 11 is 0. The van der Waals surface area contributed by atoms with E-state index in [1.54, 1.807) is 41.5 Å². The molecule has 206 valence electrons. The lowest BCUT2D eigenvalue weighted by Gasteiger charge is -2.31. The number of nitrogen functional groups attached to an aromatic ring is 1. The molecule has 3 rings (SSSR count). The van der Waals surface area contributed by atoms with Gasteiger partial charge in [0.25, 0.3) is 0 Å². The summed E-state index contributed by atoms with van der Waals surface area (Å²) in [5.41, 5.74) is 4.76. The number of phosphoric acid groups is 1. The Labute approximate surface area is 214 Å². The van der Waals surface area contributed by atoms with E-state index in [-0.39, 0.29) is 12.4 Å². The molecule has 0 spiro atoms. The average Bonchev–Trinajstić information content (AvgIpc) is 3.26. The van der Waals surface area contributed by atoms with Crippen molar-refractivity contribution in [2.45, 2.75) is 91.1 Å². The molecule has 3 heterocycles. The van der Waals surface area contributed by atoms with E-state index in [9.17, 15) is 14.2 Å². The molecule has 37 heavy (non-hydrogen) atoms. The summed E-state index contributed by atoms with van der Waals surface area (Å²) in [5, 5.41) is 0. The van der Waals surface area contributed by atoms with Gasteiger partial charge in [-0.3, -0.25) is 27.7 Å². The topological polar surface area (TPSA) is 176 Å². The summed E-state index contributed by atoms with van der Waals surface area (Å²) in [5.74, 6) is -1.16. The van der Waals surface area contributed by atoms with Crippen LogP contribution in [0.5, 0.6) is 0 Å². The number of imidazole rings is 1. The van der Waals surface area contributed by atoms with Crippen molar-refractivity contribution in [2.75, 3.05) is 12.3 Å². The monoisotopic (exact) mass is 543 g/mol. The fraction of sp³-hybridized carbons (Fsp3) is 0.682. The van der Waals surface area contributed by atoms with Crippen molar-refractivity contribution in [2.24, 2.45) is 0 Å². The van der Waals surface area contributed by atoms with Crippen LogP contribution in [0.2, 0.25) is 0 Å². The van der Waals surface area contributed by atoms with Crippen LogP contribution < -0.4 is 5.73 Å². The van der Waals surface area contributed by atoms with Crippen molar-refractivity contribution in [1.82, 2.24) is 19.5 Å². The zero-order valence-electron chi connectivity index (χ0n) is 22.2. The molecule has 0 aliphatic carbocycles. The van der Waals surface area contributed by atoms with Gasteiger partial charge in [-0.15, -0.1) is 0 Å². The normalized spacial score (nSPS) is 22.8. The maximum atomic E-state index is 13.6. The Balaban J connectivity index is 1.97. The first-order valence-corrected chi connectivity index (χ1v) is 13.0. The molecule has 0 bridgehead atoms. The van der Waals surface area contributed by atoms with Crippen LogP contribution >= 0.6 is 7.82 Å². The molecule has 1 fully saturated rings. The number of rotatable bonds is 8. The van der Waals surface area contributed by atoms with Crippen molar-refractivity contribution >= 4 is 36.7 Å². The van der Waals surface area contributed by atoms with Gasteiger partial charge in [-0.25, -0.2) is 19.5 Å². The first-order valence-electron chi connectivity index (χ1n) is 11.6. The van der Waals surface area contributed by atoms with Gasteiger partial charge in [-0.1, -0.05) is 0 Å². The van der Waals surface area contributed by atoms with Gasteiger partial charge in [0, 0.05) is 13.8 Å². The quantitative estimate of drug-likeness (QED) is 0.380. The number of carbonyl (C=O) groups is 2. The number of ether oxygens (including phenoxy) is 3. The third kappa shape index (κ3) is 7.45. The highest BCUT2D eigenvalue weighted by Crippen LogP contribution is 2.56. The summed E-state index contributed by atoms with van der Waals surface area (Å²) in [6.45, 7) is 12.2. The lowest BCUT2D eigenvalue weighted by Crippen LogP contribution is -2.40. The van der Waals surface area contributed by atoms with Crippen LogP contribution in [0.1, 0.15) is 61.6 Å². The molecule has 0 aromatic carbocycles. The van der Waals surface area contributed by atoms with Gasteiger partial charge < -0.3 is 19.9 Å². The largest absolute Gasteiger partial charge is 0.475 e. The van der Waals surface area contributed by atoms with Gasteiger partial charge in [0.15, 0.2) is 29.9 Å². The van der Waals surface area contributed by atoms with Gasteiger partial charge in [0.2, 0.25) is 0 Å². The van der Waals surface area contributed by atoms with Gasteiger partial charge in [-0.2, -0.15) is 0 Å². The lowest BCUT2D eigenvalue weighted by atomic mass is 10.1. The van der Waals surface area contributed by atoms with Crippen LogP contribution in [0.25, 0.3) is 11.2 Å². The number of hydrogen-bond donors (Lipinski definition) is 1. The molecule has 0 radical (unpaired) electrons. The first-order chi connectivity index (χ1) is 17.0. The predicted octanol–water partition coefficient (Wildman–Crippen LogP) is 2.92. The number of esters is 2. The third-order valence-electron chi connectivity index (χ3n) is 4.72. The minimum absolute atomic E-state index is 0.141. The number of fused-ring (bicyclic) bond motifs is 1. The number of aromatic nitrogens is 4. The van der Waals surface area contributed by atoms with Gasteiger partial charge in [0.1, 0.15) is 17.9 Å². The SMILES string of the molecule is CC(=O)O[C@@H]1[C@H](OC(C)=O)[C@@H](COP(=O)(OC(C)(C)C)OC(C)(C)C)O[C@H]1n1cnc2c(N)ncnc21. The molecule has 1 aliphatic heterocycles. The molecular weight excluding hydrogens is 509 g/mol. The zero-order valence-corrected chi connectivity index (χ0v) is 23.1. The molecule has 2 aromatic heterocycles. The Morgan fingerprint density at radius 1 is 1.00 bits per heavy atom. The highest BCUT2D eigenvalue weighted by atomic mass is 31.2. The van der Waals surface area contributed by atoms with Crippen molar-refractivity contribution in [3.63, 3.8) is 0 Å². The standard InChI is InChI=1S/C22H34N5O9P/c1-12(28)32-16-14(9-31-37(30,35-21(3,4)5)36-22(6,7)8)34-20(17(16)33-13(2)29)27-11-26-15-18(23)24-10-25-19(15)27/h10-11,14,16-17,20H,9H2,1-8H3,(H2,23,24,25)/t14-,16-,17-,20-/m1/s1. The van der Waals surface area contributed by atoms with E-state index in [1.807, 2.05) is 0 Å². The second-order valence-electron chi connectivity index (χ2n) is 10.4. The molecule has 2 aromatic rings. The van der Waals surface area contributed by atoms with Crippen LogP contribution in [0.3, 0.4) is 0 Å². The number of carbonyl (C=O) groups excluding carboxylic acids is 2. The molecule has 0 unspecified atom stereocenters. The van der Waals surface area contributed by atoms with Crippen LogP contribution in [0.15, 0.2) is 12.7 Å². The summed E-state index contributed by atoms with van der Waals surface area (Å²) in [6.07, 6.45) is -1.72. The molecule has 0 saturated carbocycles. The van der Waals surface area contributed by atoms with E-state index < -0.39 is 55.5 Å². The first kappa shape index (κ1) is 28.9. The summed E-state index contributed by atoms with van der Waals surface area (Å²) in [7, 11) is -4.13. The number of anilines is 1. The minimum atomic E-state index is -4.13. The second-order valence-corrected chi connectivity index (χ2v) is 12.0. The summed E-state index contributed by atoms with van der Waals surface area (Å²) in [4.78, 5) is 36.3. The fourth-order valence-corrected chi connectivity index (χ4v) is 5.49. The maximum Gasteiger partial charge on any atom is 0.475 e. The molecule has 0 amide bonds. The highest BCUT2D eigenvalue weighted by molar-refractivity contribution is 7.48. The lowest BCUT2D eigenvalue weighted by molar-refractivity contribution is -0.165. The van der Waals surface area contributed by atoms with E-state index in [2.05, 4.69) is 15.0 Å². The Hall–Kier alpha value is -2.64. The fourth-order valence-electron chi connectivity index (χ4n) is 3.68. The van der Waals surface area contributed by atoms with Crippen LogP contribution in [0.4, 0.5) is 5.82 Å². The Morgan fingerprint density at radius 2 is 1.57 bits per heavy atom. The molecule has 1 aliphatic rings. The van der Waals surface area contributed by atoms with E-state index in [1.165, 1.54) is 31.1 Å². The zero-order chi connectivity index (χ0) is 27.8. The van der Waals surface area contributed by atoms with E-state index in [0.29, 0.717) is 11.2 Å². The molecule has 4 atom stereocenters. The van der Waals surface area contributed by atoms with E-state index in [4.69, 9.17) is 33.5 Å². The maximum absolute atomic E-state index is 13.6. The van der Waals surface area contributed by atoms with E-state index in [0.717, 1.165) is 0 Å². The Bertz CT molecular complexity index is 1170. The summed E-state index contributed by atoms with van der Waals surface area (Å²) in [6, 6.07) is 0. The summed E-state index contributed by atoms with van der Waals surface area (Å²) < 4.78 is 49.2. The van der Waals surface area contributed by atoms with Gasteiger partial charge >= 0.3 is 19.8 Å². The Morgan fingerprint density at radius 3 is 2.11 bits per heavy atom. The minimum Gasteiger partial charge on any atom is -0.456 e. The van der Waals surface area contributed by atoms with Crippen molar-refractivity contribution in [3.8, 4) is 0 Å². The number of nitrogens with zero attached hydrogens (tertiary/aromatic N) is 4. The van der Waals surface area contributed by atoms with Crippen LogP contribution in [0, 0.1) is 0 Å². The highest BCUT2D eigenvalue weighted by Gasteiger charge is 2.52. The smallest absolute Gasteiger partial charge is 0.456 e. The van der Waals surface area contributed by atoms with Gasteiger partial charge in [-0.05, 0) is 41.5 Å².